The van der Waals surface area contributed by atoms with E-state index in [0.717, 1.165) is 25.0 Å². The first-order chi connectivity index (χ1) is 10.2. The van der Waals surface area contributed by atoms with Crippen molar-refractivity contribution < 1.29 is 9.53 Å². The molecular formula is C16H21N3O2. The van der Waals surface area contributed by atoms with Crippen molar-refractivity contribution in [2.45, 2.75) is 13.3 Å². The molecule has 1 aliphatic heterocycles. The second-order valence-corrected chi connectivity index (χ2v) is 5.54. The van der Waals surface area contributed by atoms with Gasteiger partial charge >= 0.3 is 0 Å². The SMILES string of the molecule is CC(Cc1c[nH]c2ccccc12)C(=O)NN1CCOCC1. The van der Waals surface area contributed by atoms with Crippen LogP contribution in [0.25, 0.3) is 10.9 Å². The first kappa shape index (κ1) is 14.1. The van der Waals surface area contributed by atoms with Gasteiger partial charge in [0.15, 0.2) is 0 Å². The van der Waals surface area contributed by atoms with Gasteiger partial charge in [-0.2, -0.15) is 0 Å². The molecule has 21 heavy (non-hydrogen) atoms. The van der Waals surface area contributed by atoms with Crippen LogP contribution in [0.2, 0.25) is 0 Å². The Labute approximate surface area is 124 Å². The summed E-state index contributed by atoms with van der Waals surface area (Å²) in [6.45, 7) is 4.84. The molecule has 1 aromatic heterocycles. The van der Waals surface area contributed by atoms with Gasteiger partial charge in [-0.05, 0) is 18.1 Å². The minimum atomic E-state index is -0.0629. The van der Waals surface area contributed by atoms with Crippen LogP contribution in [0, 0.1) is 5.92 Å². The predicted octanol–water partition coefficient (Wildman–Crippen LogP) is 1.71. The number of hydrazine groups is 1. The summed E-state index contributed by atoms with van der Waals surface area (Å²) in [5, 5.41) is 3.14. The van der Waals surface area contributed by atoms with E-state index in [2.05, 4.69) is 22.5 Å². The number of hydrogen-bond donors (Lipinski definition) is 2. The molecule has 0 radical (unpaired) electrons. The smallest absolute Gasteiger partial charge is 0.237 e. The van der Waals surface area contributed by atoms with E-state index in [0.29, 0.717) is 13.2 Å². The highest BCUT2D eigenvalue weighted by Crippen LogP contribution is 2.20. The summed E-state index contributed by atoms with van der Waals surface area (Å²) in [6.07, 6.45) is 2.74. The Morgan fingerprint density at radius 1 is 1.38 bits per heavy atom. The second kappa shape index (κ2) is 6.28. The molecule has 0 aliphatic carbocycles. The van der Waals surface area contributed by atoms with Gasteiger partial charge in [0.25, 0.3) is 0 Å². The molecule has 1 amide bonds. The summed E-state index contributed by atoms with van der Waals surface area (Å²) in [7, 11) is 0. The van der Waals surface area contributed by atoms with Crippen LogP contribution in [0.4, 0.5) is 0 Å². The van der Waals surface area contributed by atoms with E-state index in [1.54, 1.807) is 0 Å². The summed E-state index contributed by atoms with van der Waals surface area (Å²) in [5.74, 6) is 0.00855. The first-order valence-electron chi connectivity index (χ1n) is 7.42. The van der Waals surface area contributed by atoms with E-state index < -0.39 is 0 Å². The Bertz CT molecular complexity index is 617. The van der Waals surface area contributed by atoms with Crippen LogP contribution < -0.4 is 5.43 Å². The van der Waals surface area contributed by atoms with Crippen molar-refractivity contribution in [3.05, 3.63) is 36.0 Å². The monoisotopic (exact) mass is 287 g/mol. The number of ether oxygens (including phenoxy) is 1. The topological polar surface area (TPSA) is 57.4 Å². The van der Waals surface area contributed by atoms with E-state index in [-0.39, 0.29) is 11.8 Å². The van der Waals surface area contributed by atoms with Crippen LogP contribution in [0.1, 0.15) is 12.5 Å². The number of rotatable bonds is 4. The molecular weight excluding hydrogens is 266 g/mol. The van der Waals surface area contributed by atoms with Crippen molar-refractivity contribution in [1.82, 2.24) is 15.4 Å². The molecule has 3 rings (SSSR count). The second-order valence-electron chi connectivity index (χ2n) is 5.54. The Hall–Kier alpha value is -1.85. The van der Waals surface area contributed by atoms with Crippen LogP contribution >= 0.6 is 0 Å². The number of benzene rings is 1. The number of hydrogen-bond acceptors (Lipinski definition) is 3. The quantitative estimate of drug-likeness (QED) is 0.900. The number of fused-ring (bicyclic) bond motifs is 1. The molecule has 1 saturated heterocycles. The van der Waals surface area contributed by atoms with Crippen LogP contribution in [0.15, 0.2) is 30.5 Å². The lowest BCUT2D eigenvalue weighted by molar-refractivity contribution is -0.131. The van der Waals surface area contributed by atoms with Gasteiger partial charge in [0.2, 0.25) is 5.91 Å². The standard InChI is InChI=1S/C16H21N3O2/c1-12(16(20)18-19-6-8-21-9-7-19)10-13-11-17-15-5-3-2-4-14(13)15/h2-5,11-12,17H,6-10H2,1H3,(H,18,20). The maximum Gasteiger partial charge on any atom is 0.237 e. The third kappa shape index (κ3) is 3.25. The molecule has 0 saturated carbocycles. The van der Waals surface area contributed by atoms with Crippen molar-refractivity contribution in [2.75, 3.05) is 26.3 Å². The molecule has 2 heterocycles. The summed E-state index contributed by atoms with van der Waals surface area (Å²) in [5.41, 5.74) is 5.29. The molecule has 1 unspecified atom stereocenters. The number of nitrogens with zero attached hydrogens (tertiary/aromatic N) is 1. The highest BCUT2D eigenvalue weighted by molar-refractivity contribution is 5.84. The zero-order valence-electron chi connectivity index (χ0n) is 12.3. The van der Waals surface area contributed by atoms with Crippen LogP contribution in [-0.4, -0.2) is 42.2 Å². The maximum atomic E-state index is 12.3. The average Bonchev–Trinajstić information content (AvgIpc) is 2.91. The molecule has 1 fully saturated rings. The third-order valence-electron chi connectivity index (χ3n) is 3.93. The number of H-pyrrole nitrogens is 1. The fourth-order valence-corrected chi connectivity index (χ4v) is 2.66. The van der Waals surface area contributed by atoms with Gasteiger partial charge < -0.3 is 9.72 Å². The van der Waals surface area contributed by atoms with Crippen LogP contribution in [0.5, 0.6) is 0 Å². The van der Waals surface area contributed by atoms with Crippen LogP contribution in [0.3, 0.4) is 0 Å². The zero-order valence-corrected chi connectivity index (χ0v) is 12.3. The number of para-hydroxylation sites is 1. The van der Waals surface area contributed by atoms with Gasteiger partial charge in [-0.3, -0.25) is 10.2 Å². The normalized spacial score (nSPS) is 17.8. The van der Waals surface area contributed by atoms with Crippen LogP contribution in [-0.2, 0) is 16.0 Å². The number of morpholine rings is 1. The molecule has 0 spiro atoms. The molecule has 112 valence electrons. The first-order valence-corrected chi connectivity index (χ1v) is 7.42. The molecule has 1 atom stereocenters. The van der Waals surface area contributed by atoms with Gasteiger partial charge in [-0.25, -0.2) is 5.01 Å². The summed E-state index contributed by atoms with van der Waals surface area (Å²) >= 11 is 0. The lowest BCUT2D eigenvalue weighted by Gasteiger charge is -2.28. The molecule has 5 heteroatoms. The third-order valence-corrected chi connectivity index (χ3v) is 3.93. The highest BCUT2D eigenvalue weighted by atomic mass is 16.5. The fourth-order valence-electron chi connectivity index (χ4n) is 2.66. The number of carbonyl (C=O) groups excluding carboxylic acids is 1. The molecule has 0 bridgehead atoms. The summed E-state index contributed by atoms with van der Waals surface area (Å²) in [6, 6.07) is 8.18. The minimum Gasteiger partial charge on any atom is -0.379 e. The zero-order chi connectivity index (χ0) is 14.7. The van der Waals surface area contributed by atoms with Gasteiger partial charge in [-0.15, -0.1) is 0 Å². The van der Waals surface area contributed by atoms with Crippen molar-refractivity contribution in [3.8, 4) is 0 Å². The highest BCUT2D eigenvalue weighted by Gasteiger charge is 2.19. The van der Waals surface area contributed by atoms with Gasteiger partial charge in [0, 0.05) is 36.1 Å². The van der Waals surface area contributed by atoms with Crippen molar-refractivity contribution >= 4 is 16.8 Å². The van der Waals surface area contributed by atoms with E-state index in [9.17, 15) is 4.79 Å². The minimum absolute atomic E-state index is 0.0629. The Kier molecular flexibility index (Phi) is 4.22. The van der Waals surface area contributed by atoms with Crippen molar-refractivity contribution in [1.29, 1.82) is 0 Å². The lowest BCUT2D eigenvalue weighted by atomic mass is 10.00. The van der Waals surface area contributed by atoms with E-state index in [1.165, 1.54) is 10.9 Å². The number of nitrogens with one attached hydrogen (secondary N) is 2. The summed E-state index contributed by atoms with van der Waals surface area (Å²) < 4.78 is 5.28. The molecule has 2 aromatic rings. The lowest BCUT2D eigenvalue weighted by Crippen LogP contribution is -2.50. The molecule has 1 aliphatic rings. The predicted molar refractivity (Wildman–Crippen MR) is 81.7 cm³/mol. The van der Waals surface area contributed by atoms with E-state index in [4.69, 9.17) is 4.74 Å². The van der Waals surface area contributed by atoms with Crippen molar-refractivity contribution in [3.63, 3.8) is 0 Å². The fraction of sp³-hybridized carbons (Fsp3) is 0.438. The average molecular weight is 287 g/mol. The van der Waals surface area contributed by atoms with Gasteiger partial charge in [-0.1, -0.05) is 25.1 Å². The summed E-state index contributed by atoms with van der Waals surface area (Å²) in [4.78, 5) is 15.5. The molecule has 2 N–H and O–H groups in total. The molecule has 1 aromatic carbocycles. The Morgan fingerprint density at radius 3 is 2.95 bits per heavy atom. The van der Waals surface area contributed by atoms with E-state index >= 15 is 0 Å². The number of carbonyl (C=O) groups is 1. The Balaban J connectivity index is 1.62. The van der Waals surface area contributed by atoms with Gasteiger partial charge in [0.05, 0.1) is 13.2 Å². The number of amides is 1. The van der Waals surface area contributed by atoms with Crippen molar-refractivity contribution in [2.24, 2.45) is 5.92 Å². The largest absolute Gasteiger partial charge is 0.379 e. The van der Waals surface area contributed by atoms with Gasteiger partial charge in [0.1, 0.15) is 0 Å². The molecule has 5 nitrogen and oxygen atoms in total. The number of aromatic amines is 1. The maximum absolute atomic E-state index is 12.3. The number of aromatic nitrogens is 1. The van der Waals surface area contributed by atoms with E-state index in [1.807, 2.05) is 30.3 Å². The Morgan fingerprint density at radius 2 is 2.14 bits per heavy atom.